The molecule has 0 radical (unpaired) electrons. The summed E-state index contributed by atoms with van der Waals surface area (Å²) >= 11 is 3.01. The fourth-order valence-electron chi connectivity index (χ4n) is 3.80. The Bertz CT molecular complexity index is 1200. The van der Waals surface area contributed by atoms with E-state index >= 15 is 0 Å². The van der Waals surface area contributed by atoms with Gasteiger partial charge in [0.05, 0.1) is 20.4 Å². The van der Waals surface area contributed by atoms with Gasteiger partial charge in [0.25, 0.3) is 0 Å². The van der Waals surface area contributed by atoms with E-state index in [1.807, 2.05) is 48.5 Å². The second-order valence-corrected chi connectivity index (χ2v) is 10.3. The number of carbonyl (C=O) groups excluding carboxylic acids is 2. The number of fused-ring (bicyclic) bond motifs is 2. The third-order valence-corrected chi connectivity index (χ3v) is 7.53. The summed E-state index contributed by atoms with van der Waals surface area (Å²) in [6.45, 7) is 4.97. The number of nitrogens with zero attached hydrogens (tertiary/aromatic N) is 4. The van der Waals surface area contributed by atoms with Crippen LogP contribution in [0.15, 0.2) is 48.5 Å². The van der Waals surface area contributed by atoms with Gasteiger partial charge in [-0.05, 0) is 38.1 Å². The quantitative estimate of drug-likeness (QED) is 0.338. The number of hydrogen-bond donors (Lipinski definition) is 2. The first-order valence-corrected chi connectivity index (χ1v) is 13.2. The van der Waals surface area contributed by atoms with Gasteiger partial charge >= 0.3 is 12.2 Å². The van der Waals surface area contributed by atoms with Crippen LogP contribution in [0.1, 0.15) is 13.8 Å². The molecule has 0 spiro atoms. The lowest BCUT2D eigenvalue weighted by Crippen LogP contribution is -2.52. The third-order valence-electron chi connectivity index (χ3n) is 5.59. The highest BCUT2D eigenvalue weighted by Crippen LogP contribution is 2.27. The number of ether oxygens (including phenoxy) is 2. The Morgan fingerprint density at radius 3 is 1.53 bits per heavy atom. The molecule has 3 heterocycles. The van der Waals surface area contributed by atoms with E-state index in [-0.39, 0.29) is 0 Å². The number of carbonyl (C=O) groups is 2. The van der Waals surface area contributed by atoms with Crippen LogP contribution in [0.2, 0.25) is 0 Å². The molecule has 2 N–H and O–H groups in total. The van der Waals surface area contributed by atoms with Crippen LogP contribution in [0.5, 0.6) is 0 Å². The number of para-hydroxylation sites is 2. The van der Waals surface area contributed by atoms with Crippen molar-refractivity contribution in [2.75, 3.05) is 36.8 Å². The van der Waals surface area contributed by atoms with Crippen LogP contribution in [-0.2, 0) is 9.47 Å². The van der Waals surface area contributed by atoms with Crippen LogP contribution in [-0.4, -0.2) is 70.6 Å². The number of rotatable bonds is 6. The normalized spacial score (nSPS) is 15.5. The molecule has 1 aliphatic rings. The van der Waals surface area contributed by atoms with Gasteiger partial charge in [-0.15, -0.1) is 0 Å². The molecule has 0 aliphatic carbocycles. The van der Waals surface area contributed by atoms with E-state index in [4.69, 9.17) is 9.47 Å². The van der Waals surface area contributed by atoms with Crippen LogP contribution in [0.3, 0.4) is 0 Å². The van der Waals surface area contributed by atoms with Crippen molar-refractivity contribution in [3.8, 4) is 0 Å². The van der Waals surface area contributed by atoms with Gasteiger partial charge < -0.3 is 29.9 Å². The number of benzene rings is 2. The molecular weight excluding hydrogens is 500 g/mol. The topological polar surface area (TPSA) is 109 Å². The minimum absolute atomic E-state index is 0.363. The fourth-order valence-corrected chi connectivity index (χ4v) is 5.68. The summed E-state index contributed by atoms with van der Waals surface area (Å²) in [5, 5.41) is 7.62. The van der Waals surface area contributed by atoms with Gasteiger partial charge in [0.1, 0.15) is 0 Å². The van der Waals surface area contributed by atoms with Gasteiger partial charge in [-0.1, -0.05) is 46.9 Å². The molecule has 1 fully saturated rings. The van der Waals surface area contributed by atoms with Crippen molar-refractivity contribution in [3.05, 3.63) is 48.5 Å². The zero-order valence-electron chi connectivity index (χ0n) is 19.8. The summed E-state index contributed by atoms with van der Waals surface area (Å²) in [6, 6.07) is 15.7. The molecule has 10 nitrogen and oxygen atoms in total. The molecule has 0 bridgehead atoms. The Kier molecular flexibility index (Phi) is 7.05. The second-order valence-electron chi connectivity index (χ2n) is 8.29. The van der Waals surface area contributed by atoms with Gasteiger partial charge in [-0.3, -0.25) is 0 Å². The first-order chi connectivity index (χ1) is 17.4. The molecule has 1 saturated heterocycles. The Morgan fingerprint density at radius 1 is 0.750 bits per heavy atom. The van der Waals surface area contributed by atoms with Crippen molar-refractivity contribution >= 4 is 65.6 Å². The number of piperazine rings is 1. The molecule has 188 valence electrons. The average Bonchev–Trinajstić information content (AvgIpc) is 3.46. The van der Waals surface area contributed by atoms with E-state index in [1.165, 1.54) is 22.7 Å². The van der Waals surface area contributed by atoms with E-state index in [0.29, 0.717) is 36.4 Å². The fraction of sp³-hybridized carbons (Fsp3) is 0.333. The SMILES string of the molecule is C[C@H](Nc1nc2ccccc2s1)OC(=O)N1CCN(C(=O)O[C@H](C)Nc2nc3ccccc3s2)CC1. The minimum Gasteiger partial charge on any atom is -0.426 e. The lowest BCUT2D eigenvalue weighted by molar-refractivity contribution is 0.0431. The predicted molar refractivity (Wildman–Crippen MR) is 142 cm³/mol. The van der Waals surface area contributed by atoms with Crippen LogP contribution in [0, 0.1) is 0 Å². The average molecular weight is 527 g/mol. The van der Waals surface area contributed by atoms with Crippen molar-refractivity contribution in [2.24, 2.45) is 0 Å². The summed E-state index contributed by atoms with van der Waals surface area (Å²) in [7, 11) is 0. The number of aromatic nitrogens is 2. The summed E-state index contributed by atoms with van der Waals surface area (Å²) in [5.41, 5.74) is 1.80. The molecule has 2 amide bonds. The zero-order valence-corrected chi connectivity index (χ0v) is 21.5. The Labute approximate surface area is 215 Å². The molecule has 2 aromatic carbocycles. The summed E-state index contributed by atoms with van der Waals surface area (Å²) < 4.78 is 13.2. The first-order valence-electron chi connectivity index (χ1n) is 11.6. The molecule has 0 saturated carbocycles. The maximum absolute atomic E-state index is 12.6. The van der Waals surface area contributed by atoms with E-state index in [1.54, 1.807) is 23.6 Å². The van der Waals surface area contributed by atoms with E-state index in [9.17, 15) is 9.59 Å². The smallest absolute Gasteiger partial charge is 0.411 e. The highest BCUT2D eigenvalue weighted by molar-refractivity contribution is 7.22. The number of hydrogen-bond acceptors (Lipinski definition) is 10. The van der Waals surface area contributed by atoms with Crippen molar-refractivity contribution in [1.82, 2.24) is 19.8 Å². The standard InChI is InChI=1S/C24H26N6O4S2/c1-15(25-21-27-17-7-3-5-9-19(17)35-21)33-23(31)29-11-13-30(14-12-29)24(32)34-16(2)26-22-28-18-8-4-6-10-20(18)36-22/h3-10,15-16H,11-14H2,1-2H3,(H,25,27)(H,26,28)/t15-,16-/m1/s1. The molecule has 2 aromatic heterocycles. The van der Waals surface area contributed by atoms with Crippen LogP contribution in [0.25, 0.3) is 20.4 Å². The van der Waals surface area contributed by atoms with E-state index < -0.39 is 24.6 Å². The van der Waals surface area contributed by atoms with Crippen LogP contribution < -0.4 is 10.6 Å². The number of nitrogens with one attached hydrogen (secondary N) is 2. The van der Waals surface area contributed by atoms with Gasteiger partial charge in [0, 0.05) is 26.2 Å². The van der Waals surface area contributed by atoms with Crippen molar-refractivity contribution < 1.29 is 19.1 Å². The number of anilines is 2. The molecule has 4 aromatic rings. The number of thiazole rings is 2. The molecule has 1 aliphatic heterocycles. The van der Waals surface area contributed by atoms with Crippen LogP contribution in [0.4, 0.5) is 19.9 Å². The van der Waals surface area contributed by atoms with E-state index in [2.05, 4.69) is 20.6 Å². The Balaban J connectivity index is 1.06. The summed E-state index contributed by atoms with van der Waals surface area (Å²) in [6.07, 6.45) is -1.96. The van der Waals surface area contributed by atoms with Gasteiger partial charge in [0.2, 0.25) is 0 Å². The molecule has 12 heteroatoms. The third kappa shape index (κ3) is 5.60. The van der Waals surface area contributed by atoms with Crippen molar-refractivity contribution in [2.45, 2.75) is 26.3 Å². The predicted octanol–water partition coefficient (Wildman–Crippen LogP) is 5.01. The summed E-state index contributed by atoms with van der Waals surface area (Å²) in [4.78, 5) is 37.4. The molecular formula is C24H26N6O4S2. The minimum atomic E-state index is -0.546. The Morgan fingerprint density at radius 2 is 1.14 bits per heavy atom. The highest BCUT2D eigenvalue weighted by Gasteiger charge is 2.28. The molecule has 2 atom stereocenters. The largest absolute Gasteiger partial charge is 0.426 e. The molecule has 36 heavy (non-hydrogen) atoms. The lowest BCUT2D eigenvalue weighted by Gasteiger charge is -2.34. The zero-order chi connectivity index (χ0) is 25.1. The Hall–Kier alpha value is -3.64. The van der Waals surface area contributed by atoms with Gasteiger partial charge in [0.15, 0.2) is 22.7 Å². The monoisotopic (exact) mass is 526 g/mol. The van der Waals surface area contributed by atoms with Gasteiger partial charge in [-0.25, -0.2) is 19.6 Å². The number of amides is 2. The first kappa shape index (κ1) is 24.1. The van der Waals surface area contributed by atoms with Crippen molar-refractivity contribution in [1.29, 1.82) is 0 Å². The second kappa shape index (κ2) is 10.5. The highest BCUT2D eigenvalue weighted by atomic mass is 32.1. The maximum Gasteiger partial charge on any atom is 0.411 e. The summed E-state index contributed by atoms with van der Waals surface area (Å²) in [5.74, 6) is 0. The molecule has 0 unspecified atom stereocenters. The lowest BCUT2D eigenvalue weighted by atomic mass is 10.3. The van der Waals surface area contributed by atoms with E-state index in [0.717, 1.165) is 20.4 Å². The van der Waals surface area contributed by atoms with Crippen molar-refractivity contribution in [3.63, 3.8) is 0 Å². The van der Waals surface area contributed by atoms with Gasteiger partial charge in [-0.2, -0.15) is 0 Å². The maximum atomic E-state index is 12.6. The van der Waals surface area contributed by atoms with Crippen LogP contribution >= 0.6 is 22.7 Å². The molecule has 5 rings (SSSR count).